The van der Waals surface area contributed by atoms with E-state index in [9.17, 15) is 20.0 Å². The molecule has 0 aromatic rings. The molecule has 1 amide bonds. The Balaban J connectivity index is 3.17. The molecule has 7 nitrogen and oxygen atoms in total. The first-order chi connectivity index (χ1) is 7.34. The number of nitrogens with zero attached hydrogens (tertiary/aromatic N) is 3. The quantitative estimate of drug-likeness (QED) is 0.528. The van der Waals surface area contributed by atoms with Crippen LogP contribution in [0.5, 0.6) is 0 Å². The van der Waals surface area contributed by atoms with Crippen molar-refractivity contribution in [2.75, 3.05) is 27.7 Å². The molecule has 1 N–H and O–H groups in total. The average molecular weight is 227 g/mol. The summed E-state index contributed by atoms with van der Waals surface area (Å²) in [5.41, 5.74) is -0.430. The first kappa shape index (κ1) is 12.0. The van der Waals surface area contributed by atoms with Crippen LogP contribution in [0.15, 0.2) is 23.2 Å². The van der Waals surface area contributed by atoms with Gasteiger partial charge in [0, 0.05) is 21.1 Å². The van der Waals surface area contributed by atoms with Crippen molar-refractivity contribution < 1.29 is 14.8 Å². The normalized spacial score (nSPS) is 15.9. The molecule has 0 spiro atoms. The van der Waals surface area contributed by atoms with Crippen molar-refractivity contribution in [2.24, 2.45) is 0 Å². The van der Waals surface area contributed by atoms with Gasteiger partial charge in [-0.25, -0.2) is 0 Å². The minimum absolute atomic E-state index is 0.0294. The van der Waals surface area contributed by atoms with Crippen molar-refractivity contribution in [3.05, 3.63) is 33.3 Å². The number of likely N-dealkylation sites (N-methyl/N-ethyl adjacent to an activating group) is 2. The van der Waals surface area contributed by atoms with Crippen LogP contribution in [-0.2, 0) is 4.79 Å². The Morgan fingerprint density at radius 3 is 2.62 bits per heavy atom. The molecular weight excluding hydrogens is 214 g/mol. The van der Waals surface area contributed by atoms with Crippen LogP contribution in [0.4, 0.5) is 0 Å². The number of hydrogen-bond acceptors (Lipinski definition) is 5. The van der Waals surface area contributed by atoms with E-state index < -0.39 is 22.3 Å². The predicted molar refractivity (Wildman–Crippen MR) is 56.1 cm³/mol. The van der Waals surface area contributed by atoms with E-state index in [4.69, 9.17) is 0 Å². The maximum absolute atomic E-state index is 11.7. The van der Waals surface area contributed by atoms with Gasteiger partial charge >= 0.3 is 5.70 Å². The third-order valence-corrected chi connectivity index (χ3v) is 2.14. The van der Waals surface area contributed by atoms with Crippen molar-refractivity contribution in [3.8, 4) is 0 Å². The molecule has 1 heterocycles. The van der Waals surface area contributed by atoms with Crippen LogP contribution in [0.25, 0.3) is 0 Å². The van der Waals surface area contributed by atoms with Gasteiger partial charge in [-0.3, -0.25) is 14.9 Å². The van der Waals surface area contributed by atoms with Crippen LogP contribution in [0.1, 0.15) is 0 Å². The van der Waals surface area contributed by atoms with Crippen LogP contribution < -0.4 is 0 Å². The van der Waals surface area contributed by atoms with Gasteiger partial charge in [-0.1, -0.05) is 0 Å². The fraction of sp³-hybridized carbons (Fsp3) is 0.444. The first-order valence-electron chi connectivity index (χ1n) is 4.55. The molecule has 0 fully saturated rings. The number of hydrogen-bond donors (Lipinski definition) is 1. The molecule has 1 aliphatic heterocycles. The van der Waals surface area contributed by atoms with Gasteiger partial charge in [0.25, 0.3) is 5.91 Å². The smallest absolute Gasteiger partial charge is 0.326 e. The summed E-state index contributed by atoms with van der Waals surface area (Å²) in [6, 6.07) is 0. The minimum Gasteiger partial charge on any atom is -0.502 e. The van der Waals surface area contributed by atoms with E-state index >= 15 is 0 Å². The largest absolute Gasteiger partial charge is 0.502 e. The molecular formula is C9H13N3O4. The summed E-state index contributed by atoms with van der Waals surface area (Å²) >= 11 is 0. The molecule has 1 rings (SSSR count). The number of nitro groups is 1. The summed E-state index contributed by atoms with van der Waals surface area (Å²) in [5.74, 6) is -0.987. The SMILES string of the molecule is CN1C=C([N+](=O)[O-])C(O)=C(C(=O)N(C)C)C1. The first-order valence-corrected chi connectivity index (χ1v) is 4.55. The molecule has 7 heteroatoms. The Labute approximate surface area is 92.4 Å². The van der Waals surface area contributed by atoms with Gasteiger partial charge in [0.2, 0.25) is 5.76 Å². The maximum Gasteiger partial charge on any atom is 0.326 e. The van der Waals surface area contributed by atoms with Crippen molar-refractivity contribution in [1.29, 1.82) is 0 Å². The van der Waals surface area contributed by atoms with Gasteiger partial charge in [0.1, 0.15) is 0 Å². The molecule has 0 bridgehead atoms. The summed E-state index contributed by atoms with van der Waals surface area (Å²) in [7, 11) is 4.64. The second-order valence-corrected chi connectivity index (χ2v) is 3.71. The molecule has 1 aliphatic rings. The van der Waals surface area contributed by atoms with E-state index in [1.807, 2.05) is 0 Å². The van der Waals surface area contributed by atoms with Gasteiger partial charge < -0.3 is 14.9 Å². The van der Waals surface area contributed by atoms with Crippen molar-refractivity contribution in [3.63, 3.8) is 0 Å². The highest BCUT2D eigenvalue weighted by Crippen LogP contribution is 2.20. The van der Waals surface area contributed by atoms with Crippen LogP contribution in [0.2, 0.25) is 0 Å². The van der Waals surface area contributed by atoms with Gasteiger partial charge in [0.05, 0.1) is 23.2 Å². The Morgan fingerprint density at radius 1 is 1.62 bits per heavy atom. The zero-order valence-corrected chi connectivity index (χ0v) is 9.30. The minimum atomic E-state index is -0.714. The fourth-order valence-electron chi connectivity index (χ4n) is 1.37. The Bertz CT molecular complexity index is 398. The van der Waals surface area contributed by atoms with Crippen LogP contribution >= 0.6 is 0 Å². The van der Waals surface area contributed by atoms with Gasteiger partial charge in [-0.15, -0.1) is 0 Å². The van der Waals surface area contributed by atoms with E-state index in [2.05, 4.69) is 0 Å². The predicted octanol–water partition coefficient (Wildman–Crippen LogP) is -0.0498. The topological polar surface area (TPSA) is 86.9 Å². The molecule has 0 aromatic heterocycles. The number of amides is 1. The Kier molecular flexibility index (Phi) is 3.17. The maximum atomic E-state index is 11.7. The van der Waals surface area contributed by atoms with Crippen LogP contribution in [-0.4, -0.2) is 53.4 Å². The summed E-state index contributed by atoms with van der Waals surface area (Å²) in [5, 5.41) is 20.3. The van der Waals surface area contributed by atoms with E-state index in [0.29, 0.717) is 0 Å². The summed E-state index contributed by atoms with van der Waals surface area (Å²) in [6.07, 6.45) is 1.20. The number of carbonyl (C=O) groups excluding carboxylic acids is 1. The molecule has 0 saturated carbocycles. The molecule has 0 unspecified atom stereocenters. The van der Waals surface area contributed by atoms with E-state index in [1.54, 1.807) is 7.05 Å². The van der Waals surface area contributed by atoms with Gasteiger partial charge in [-0.05, 0) is 0 Å². The van der Waals surface area contributed by atoms with Crippen molar-refractivity contribution in [2.45, 2.75) is 0 Å². The monoisotopic (exact) mass is 227 g/mol. The molecule has 0 aromatic carbocycles. The number of aliphatic hydroxyl groups is 1. The zero-order chi connectivity index (χ0) is 12.5. The summed E-state index contributed by atoms with van der Waals surface area (Å²) in [4.78, 5) is 24.3. The molecule has 0 atom stereocenters. The molecule has 0 radical (unpaired) electrons. The molecule has 0 aliphatic carbocycles. The van der Waals surface area contributed by atoms with Gasteiger partial charge in [0.15, 0.2) is 0 Å². The Hall–Kier alpha value is -2.05. The summed E-state index contributed by atoms with van der Waals surface area (Å²) in [6.45, 7) is 0.153. The third kappa shape index (κ3) is 2.13. The molecule has 88 valence electrons. The lowest BCUT2D eigenvalue weighted by Crippen LogP contribution is -2.33. The van der Waals surface area contributed by atoms with Crippen LogP contribution in [0, 0.1) is 10.1 Å². The van der Waals surface area contributed by atoms with Crippen LogP contribution in [0.3, 0.4) is 0 Å². The number of carbonyl (C=O) groups is 1. The zero-order valence-electron chi connectivity index (χ0n) is 9.30. The lowest BCUT2D eigenvalue weighted by molar-refractivity contribution is -0.425. The molecule has 0 saturated heterocycles. The highest BCUT2D eigenvalue weighted by Gasteiger charge is 2.31. The average Bonchev–Trinajstić information content (AvgIpc) is 2.19. The highest BCUT2D eigenvalue weighted by atomic mass is 16.6. The molecule has 16 heavy (non-hydrogen) atoms. The highest BCUT2D eigenvalue weighted by molar-refractivity contribution is 5.94. The van der Waals surface area contributed by atoms with E-state index in [1.165, 1.54) is 30.1 Å². The standard InChI is InChI=1S/C9H13N3O4/c1-10(2)9(14)6-4-11(3)5-7(8(6)13)12(15)16/h5,13H,4H2,1-3H3. The second-order valence-electron chi connectivity index (χ2n) is 3.71. The second kappa shape index (κ2) is 4.21. The van der Waals surface area contributed by atoms with Crippen molar-refractivity contribution >= 4 is 5.91 Å². The lowest BCUT2D eigenvalue weighted by atomic mass is 10.1. The number of aliphatic hydroxyl groups excluding tert-OH is 1. The third-order valence-electron chi connectivity index (χ3n) is 2.14. The number of rotatable bonds is 2. The van der Waals surface area contributed by atoms with Crippen molar-refractivity contribution in [1.82, 2.24) is 9.80 Å². The van der Waals surface area contributed by atoms with E-state index in [-0.39, 0.29) is 12.1 Å². The fourth-order valence-corrected chi connectivity index (χ4v) is 1.37. The Morgan fingerprint density at radius 2 is 2.19 bits per heavy atom. The summed E-state index contributed by atoms with van der Waals surface area (Å²) < 4.78 is 0. The van der Waals surface area contributed by atoms with Gasteiger partial charge in [-0.2, -0.15) is 0 Å². The lowest BCUT2D eigenvalue weighted by Gasteiger charge is -2.22. The van der Waals surface area contributed by atoms with E-state index in [0.717, 1.165) is 0 Å².